The van der Waals surface area contributed by atoms with Crippen molar-refractivity contribution in [3.8, 4) is 0 Å². The number of hydrogen-bond donors (Lipinski definition) is 1. The quantitative estimate of drug-likeness (QED) is 0.667. The van der Waals surface area contributed by atoms with Crippen LogP contribution in [0.4, 0.5) is 16.0 Å². The van der Waals surface area contributed by atoms with Crippen LogP contribution in [0.1, 0.15) is 5.56 Å². The summed E-state index contributed by atoms with van der Waals surface area (Å²) in [5, 5.41) is 11.2. The molecule has 0 aliphatic rings. The third kappa shape index (κ3) is 2.72. The van der Waals surface area contributed by atoms with Gasteiger partial charge in [-0.2, -0.15) is 0 Å². The molecule has 2 aromatic rings. The number of anilines is 2. The molecule has 0 atom stereocenters. The predicted molar refractivity (Wildman–Crippen MR) is 69.5 cm³/mol. The Bertz CT molecular complexity index is 554. The minimum atomic E-state index is -0.445. The number of nitrogens with two attached hydrogens (primary N) is 1. The van der Waals surface area contributed by atoms with Crippen LogP contribution in [0.5, 0.6) is 0 Å². The highest BCUT2D eigenvalue weighted by molar-refractivity contribution is 7.18. The fourth-order valence-corrected chi connectivity index (χ4v) is 2.08. The highest BCUT2D eigenvalue weighted by atomic mass is 32.1. The van der Waals surface area contributed by atoms with Gasteiger partial charge < -0.3 is 10.6 Å². The maximum atomic E-state index is 10.6. The van der Waals surface area contributed by atoms with E-state index in [0.717, 1.165) is 16.9 Å². The minimum absolute atomic E-state index is 0.0345. The number of nitrogens with zero attached hydrogens (tertiary/aromatic N) is 4. The molecule has 2 N–H and O–H groups in total. The zero-order valence-corrected chi connectivity index (χ0v) is 10.4. The molecule has 94 valence electrons. The molecule has 0 unspecified atom stereocenters. The van der Waals surface area contributed by atoms with Gasteiger partial charge in [0, 0.05) is 19.8 Å². The van der Waals surface area contributed by atoms with Crippen molar-refractivity contribution in [2.75, 3.05) is 17.7 Å². The van der Waals surface area contributed by atoms with Crippen molar-refractivity contribution >= 4 is 27.3 Å². The van der Waals surface area contributed by atoms with Crippen LogP contribution in [-0.4, -0.2) is 21.9 Å². The highest BCUT2D eigenvalue weighted by Crippen LogP contribution is 2.28. The van der Waals surface area contributed by atoms with E-state index in [4.69, 9.17) is 5.73 Å². The second-order valence-electron chi connectivity index (χ2n) is 3.69. The van der Waals surface area contributed by atoms with Crippen LogP contribution in [-0.2, 0) is 6.54 Å². The van der Waals surface area contributed by atoms with Crippen molar-refractivity contribution in [2.24, 2.45) is 0 Å². The number of rotatable bonds is 4. The molecule has 0 radical (unpaired) electrons. The number of thiazole rings is 1. The Labute approximate surface area is 107 Å². The van der Waals surface area contributed by atoms with Gasteiger partial charge in [0.25, 0.3) is 0 Å². The molecule has 2 aromatic heterocycles. The number of nitro groups is 1. The van der Waals surface area contributed by atoms with E-state index in [-0.39, 0.29) is 5.00 Å². The largest absolute Gasteiger partial charge is 0.384 e. The molecule has 7 nitrogen and oxygen atoms in total. The SMILES string of the molecule is CN(Cc1ccc(N)nc1)c1ncc([N+](=O)[O-])s1. The molecule has 0 fully saturated rings. The summed E-state index contributed by atoms with van der Waals surface area (Å²) in [6, 6.07) is 3.58. The number of pyridine rings is 1. The molecule has 18 heavy (non-hydrogen) atoms. The lowest BCUT2D eigenvalue weighted by molar-refractivity contribution is -0.380. The van der Waals surface area contributed by atoms with Crippen LogP contribution < -0.4 is 10.6 Å². The summed E-state index contributed by atoms with van der Waals surface area (Å²) >= 11 is 1.04. The van der Waals surface area contributed by atoms with Crippen molar-refractivity contribution in [3.05, 3.63) is 40.2 Å². The van der Waals surface area contributed by atoms with Crippen LogP contribution in [0.25, 0.3) is 0 Å². The van der Waals surface area contributed by atoms with E-state index in [9.17, 15) is 10.1 Å². The Morgan fingerprint density at radius 1 is 1.44 bits per heavy atom. The van der Waals surface area contributed by atoms with Crippen molar-refractivity contribution in [2.45, 2.75) is 6.54 Å². The fourth-order valence-electron chi connectivity index (χ4n) is 1.39. The lowest BCUT2D eigenvalue weighted by Crippen LogP contribution is -2.16. The second-order valence-corrected chi connectivity index (χ2v) is 4.67. The first-order valence-electron chi connectivity index (χ1n) is 5.08. The van der Waals surface area contributed by atoms with Gasteiger partial charge in [0.15, 0.2) is 5.13 Å². The molecule has 0 amide bonds. The molecule has 0 bridgehead atoms. The van der Waals surface area contributed by atoms with Gasteiger partial charge in [-0.15, -0.1) is 0 Å². The van der Waals surface area contributed by atoms with Gasteiger partial charge in [0.05, 0.1) is 4.92 Å². The van der Waals surface area contributed by atoms with Crippen LogP contribution in [0.15, 0.2) is 24.5 Å². The predicted octanol–water partition coefficient (Wildman–Crippen LogP) is 1.66. The van der Waals surface area contributed by atoms with Gasteiger partial charge in [-0.3, -0.25) is 10.1 Å². The van der Waals surface area contributed by atoms with Crippen LogP contribution in [0.2, 0.25) is 0 Å². The molecular weight excluding hydrogens is 254 g/mol. The smallest absolute Gasteiger partial charge is 0.345 e. The zero-order valence-electron chi connectivity index (χ0n) is 9.61. The second kappa shape index (κ2) is 4.96. The first-order valence-corrected chi connectivity index (χ1v) is 5.89. The summed E-state index contributed by atoms with van der Waals surface area (Å²) in [5.74, 6) is 0.464. The van der Waals surface area contributed by atoms with E-state index in [0.29, 0.717) is 17.5 Å². The summed E-state index contributed by atoms with van der Waals surface area (Å²) in [7, 11) is 1.82. The van der Waals surface area contributed by atoms with Gasteiger partial charge in [-0.1, -0.05) is 6.07 Å². The van der Waals surface area contributed by atoms with E-state index >= 15 is 0 Å². The Morgan fingerprint density at radius 2 is 2.22 bits per heavy atom. The molecule has 0 saturated heterocycles. The highest BCUT2D eigenvalue weighted by Gasteiger charge is 2.14. The fraction of sp³-hybridized carbons (Fsp3) is 0.200. The van der Waals surface area contributed by atoms with E-state index in [2.05, 4.69) is 9.97 Å². The molecule has 0 aliphatic heterocycles. The van der Waals surface area contributed by atoms with Gasteiger partial charge in [-0.05, 0) is 23.0 Å². The van der Waals surface area contributed by atoms with Crippen LogP contribution in [0.3, 0.4) is 0 Å². The van der Waals surface area contributed by atoms with E-state index in [1.54, 1.807) is 12.3 Å². The molecule has 0 aliphatic carbocycles. The van der Waals surface area contributed by atoms with E-state index in [1.807, 2.05) is 18.0 Å². The van der Waals surface area contributed by atoms with Crippen molar-refractivity contribution < 1.29 is 4.92 Å². The van der Waals surface area contributed by atoms with Crippen molar-refractivity contribution in [1.29, 1.82) is 0 Å². The molecule has 0 spiro atoms. The van der Waals surface area contributed by atoms with E-state index < -0.39 is 4.92 Å². The summed E-state index contributed by atoms with van der Waals surface area (Å²) in [6.45, 7) is 0.567. The standard InChI is InChI=1S/C10H11N5O2S/c1-14(6-7-2-3-8(11)12-4-7)10-13-5-9(18-10)15(16)17/h2-5H,6H2,1H3,(H2,11,12). The number of hydrogen-bond acceptors (Lipinski definition) is 7. The van der Waals surface area contributed by atoms with Crippen molar-refractivity contribution in [3.63, 3.8) is 0 Å². The number of aromatic nitrogens is 2. The Hall–Kier alpha value is -2.22. The topological polar surface area (TPSA) is 98.2 Å². The first kappa shape index (κ1) is 12.2. The Morgan fingerprint density at radius 3 is 2.78 bits per heavy atom. The maximum Gasteiger partial charge on any atom is 0.345 e. The normalized spacial score (nSPS) is 10.3. The number of nitrogen functional groups attached to an aromatic ring is 1. The Kier molecular flexibility index (Phi) is 3.38. The average Bonchev–Trinajstić information content (AvgIpc) is 2.81. The maximum absolute atomic E-state index is 10.6. The molecule has 2 rings (SSSR count). The van der Waals surface area contributed by atoms with Gasteiger partial charge in [0.1, 0.15) is 12.0 Å². The van der Waals surface area contributed by atoms with Crippen LogP contribution >= 0.6 is 11.3 Å². The molecule has 0 saturated carbocycles. The average molecular weight is 265 g/mol. The summed E-state index contributed by atoms with van der Waals surface area (Å²) < 4.78 is 0. The third-order valence-corrected chi connectivity index (χ3v) is 3.32. The van der Waals surface area contributed by atoms with Crippen molar-refractivity contribution in [1.82, 2.24) is 9.97 Å². The molecule has 8 heteroatoms. The third-order valence-electron chi connectivity index (χ3n) is 2.26. The van der Waals surface area contributed by atoms with Crippen LogP contribution in [0, 0.1) is 10.1 Å². The molecule has 2 heterocycles. The summed E-state index contributed by atoms with van der Waals surface area (Å²) in [6.07, 6.45) is 2.94. The Balaban J connectivity index is 2.09. The lowest BCUT2D eigenvalue weighted by Gasteiger charge is -2.14. The summed E-state index contributed by atoms with van der Waals surface area (Å²) in [5.41, 5.74) is 6.46. The first-order chi connectivity index (χ1) is 8.56. The minimum Gasteiger partial charge on any atom is -0.384 e. The van der Waals surface area contributed by atoms with E-state index in [1.165, 1.54) is 6.20 Å². The molecular formula is C10H11N5O2S. The monoisotopic (exact) mass is 265 g/mol. The zero-order chi connectivity index (χ0) is 13.1. The van der Waals surface area contributed by atoms with Gasteiger partial charge >= 0.3 is 5.00 Å². The van der Waals surface area contributed by atoms with Gasteiger partial charge in [0.2, 0.25) is 0 Å². The lowest BCUT2D eigenvalue weighted by atomic mass is 10.3. The summed E-state index contributed by atoms with van der Waals surface area (Å²) in [4.78, 5) is 19.9. The van der Waals surface area contributed by atoms with Gasteiger partial charge in [-0.25, -0.2) is 9.97 Å². The molecule has 0 aromatic carbocycles.